The lowest BCUT2D eigenvalue weighted by atomic mass is 10.2. The third kappa shape index (κ3) is 2.99. The van der Waals surface area contributed by atoms with Crippen molar-refractivity contribution in [3.8, 4) is 17.1 Å². The van der Waals surface area contributed by atoms with Crippen LogP contribution >= 0.6 is 0 Å². The van der Waals surface area contributed by atoms with Crippen molar-refractivity contribution in [1.29, 1.82) is 0 Å². The molecule has 0 saturated heterocycles. The quantitative estimate of drug-likeness (QED) is 0.726. The number of aromatic nitrogens is 4. The summed E-state index contributed by atoms with van der Waals surface area (Å²) in [5, 5.41) is 4.24. The molecule has 0 aromatic carbocycles. The zero-order valence-electron chi connectivity index (χ0n) is 12.7. The molecule has 3 aromatic heterocycles. The van der Waals surface area contributed by atoms with Crippen LogP contribution in [0, 0.1) is 0 Å². The maximum Gasteiger partial charge on any atom is 0.242 e. The van der Waals surface area contributed by atoms with E-state index < -0.39 is 10.0 Å². The first-order chi connectivity index (χ1) is 11.0. The van der Waals surface area contributed by atoms with Gasteiger partial charge >= 0.3 is 0 Å². The van der Waals surface area contributed by atoms with Gasteiger partial charge in [0.1, 0.15) is 0 Å². The lowest BCUT2D eigenvalue weighted by molar-refractivity contribution is 0.520. The Kier molecular flexibility index (Phi) is 3.93. The SMILES string of the molecule is CN(C)S(=O)(=O)c1ccnc(-c2cnn(-c3ccccn3)c2)c1. The lowest BCUT2D eigenvalue weighted by Gasteiger charge is -2.11. The van der Waals surface area contributed by atoms with E-state index in [9.17, 15) is 8.42 Å². The topological polar surface area (TPSA) is 81.0 Å². The summed E-state index contributed by atoms with van der Waals surface area (Å²) in [7, 11) is -0.510. The van der Waals surface area contributed by atoms with Crippen LogP contribution in [0.15, 0.2) is 60.0 Å². The first-order valence-electron chi connectivity index (χ1n) is 6.83. The minimum Gasteiger partial charge on any atom is -0.256 e. The molecule has 0 radical (unpaired) electrons. The summed E-state index contributed by atoms with van der Waals surface area (Å²) in [5.74, 6) is 0.677. The largest absolute Gasteiger partial charge is 0.256 e. The second-order valence-electron chi connectivity index (χ2n) is 5.03. The monoisotopic (exact) mass is 329 g/mol. The van der Waals surface area contributed by atoms with E-state index in [1.807, 2.05) is 18.2 Å². The number of sulfonamides is 1. The van der Waals surface area contributed by atoms with E-state index in [4.69, 9.17) is 0 Å². The Morgan fingerprint density at radius 3 is 2.61 bits per heavy atom. The molecule has 3 heterocycles. The molecular formula is C15H15N5O2S. The number of hydrogen-bond acceptors (Lipinski definition) is 5. The van der Waals surface area contributed by atoms with E-state index in [0.29, 0.717) is 17.1 Å². The third-order valence-corrected chi connectivity index (χ3v) is 5.08. The smallest absolute Gasteiger partial charge is 0.242 e. The molecule has 118 valence electrons. The average molecular weight is 329 g/mol. The van der Waals surface area contributed by atoms with Gasteiger partial charge in [0.2, 0.25) is 10.0 Å². The van der Waals surface area contributed by atoms with Gasteiger partial charge in [0.05, 0.1) is 16.8 Å². The Hall–Kier alpha value is -2.58. The summed E-state index contributed by atoms with van der Waals surface area (Å²) < 4.78 is 27.2. The summed E-state index contributed by atoms with van der Waals surface area (Å²) in [6.45, 7) is 0. The third-order valence-electron chi connectivity index (χ3n) is 3.27. The zero-order valence-corrected chi connectivity index (χ0v) is 13.5. The molecule has 8 heteroatoms. The lowest BCUT2D eigenvalue weighted by Crippen LogP contribution is -2.22. The van der Waals surface area contributed by atoms with Crippen LogP contribution in [-0.2, 0) is 10.0 Å². The number of rotatable bonds is 4. The Balaban J connectivity index is 1.99. The van der Waals surface area contributed by atoms with Gasteiger partial charge in [0.15, 0.2) is 5.82 Å². The predicted octanol–water partition coefficient (Wildman–Crippen LogP) is 1.58. The molecule has 3 rings (SSSR count). The van der Waals surface area contributed by atoms with Crippen LogP contribution in [-0.4, -0.2) is 46.6 Å². The van der Waals surface area contributed by atoms with Gasteiger partial charge in [-0.15, -0.1) is 0 Å². The highest BCUT2D eigenvalue weighted by Crippen LogP contribution is 2.21. The summed E-state index contributed by atoms with van der Waals surface area (Å²) in [6, 6.07) is 8.53. The van der Waals surface area contributed by atoms with Gasteiger partial charge in [0, 0.05) is 38.2 Å². The zero-order chi connectivity index (χ0) is 16.4. The molecule has 0 N–H and O–H groups in total. The molecule has 23 heavy (non-hydrogen) atoms. The maximum absolute atomic E-state index is 12.2. The highest BCUT2D eigenvalue weighted by Gasteiger charge is 2.18. The summed E-state index contributed by atoms with van der Waals surface area (Å²) in [4.78, 5) is 8.64. The van der Waals surface area contributed by atoms with Crippen LogP contribution in [0.3, 0.4) is 0 Å². The summed E-state index contributed by atoms with van der Waals surface area (Å²) >= 11 is 0. The Morgan fingerprint density at radius 2 is 1.91 bits per heavy atom. The molecule has 0 aliphatic rings. The van der Waals surface area contributed by atoms with Gasteiger partial charge in [-0.2, -0.15) is 5.10 Å². The predicted molar refractivity (Wildman–Crippen MR) is 85.5 cm³/mol. The van der Waals surface area contributed by atoms with Crippen molar-refractivity contribution in [3.63, 3.8) is 0 Å². The summed E-state index contributed by atoms with van der Waals surface area (Å²) in [5.41, 5.74) is 1.25. The van der Waals surface area contributed by atoms with Crippen LogP contribution in [0.1, 0.15) is 0 Å². The Labute approximate surface area is 134 Å². The van der Waals surface area contributed by atoms with Crippen molar-refractivity contribution in [2.45, 2.75) is 4.90 Å². The molecule has 0 spiro atoms. The van der Waals surface area contributed by atoms with Crippen molar-refractivity contribution in [1.82, 2.24) is 24.1 Å². The molecule has 0 fully saturated rings. The molecule has 0 aliphatic heterocycles. The number of nitrogens with zero attached hydrogens (tertiary/aromatic N) is 5. The highest BCUT2D eigenvalue weighted by atomic mass is 32.2. The average Bonchev–Trinajstić information content (AvgIpc) is 3.06. The molecule has 7 nitrogen and oxygen atoms in total. The molecule has 0 bridgehead atoms. The van der Waals surface area contributed by atoms with Crippen LogP contribution in [0.4, 0.5) is 0 Å². The Morgan fingerprint density at radius 1 is 1.09 bits per heavy atom. The molecular weight excluding hydrogens is 314 g/mol. The highest BCUT2D eigenvalue weighted by molar-refractivity contribution is 7.89. The standard InChI is InChI=1S/C15H15N5O2S/c1-19(2)23(21,22)13-6-8-16-14(9-13)12-10-18-20(11-12)15-5-3-4-7-17-15/h3-11H,1-2H3. The summed E-state index contributed by atoms with van der Waals surface area (Å²) in [6.07, 6.45) is 6.54. The minimum atomic E-state index is -3.50. The fraction of sp³-hybridized carbons (Fsp3) is 0.133. The van der Waals surface area contributed by atoms with Gasteiger partial charge in [-0.05, 0) is 24.3 Å². The van der Waals surface area contributed by atoms with E-state index >= 15 is 0 Å². The van der Waals surface area contributed by atoms with Crippen molar-refractivity contribution in [2.75, 3.05) is 14.1 Å². The number of hydrogen-bond donors (Lipinski definition) is 0. The van der Waals surface area contributed by atoms with Crippen molar-refractivity contribution in [3.05, 3.63) is 55.1 Å². The fourth-order valence-electron chi connectivity index (χ4n) is 2.01. The van der Waals surface area contributed by atoms with E-state index in [2.05, 4.69) is 15.1 Å². The maximum atomic E-state index is 12.2. The normalized spacial score (nSPS) is 11.8. The van der Waals surface area contributed by atoms with Crippen LogP contribution in [0.2, 0.25) is 0 Å². The molecule has 0 unspecified atom stereocenters. The van der Waals surface area contributed by atoms with E-state index in [1.54, 1.807) is 23.3 Å². The molecule has 3 aromatic rings. The minimum absolute atomic E-state index is 0.193. The molecule has 0 atom stereocenters. The van der Waals surface area contributed by atoms with Crippen LogP contribution in [0.5, 0.6) is 0 Å². The van der Waals surface area contributed by atoms with Crippen LogP contribution in [0.25, 0.3) is 17.1 Å². The molecule has 0 amide bonds. The second-order valence-corrected chi connectivity index (χ2v) is 7.18. The van der Waals surface area contributed by atoms with Gasteiger partial charge in [-0.3, -0.25) is 4.98 Å². The van der Waals surface area contributed by atoms with E-state index in [1.165, 1.54) is 36.7 Å². The van der Waals surface area contributed by atoms with Gasteiger partial charge < -0.3 is 0 Å². The van der Waals surface area contributed by atoms with Gasteiger partial charge in [0.25, 0.3) is 0 Å². The van der Waals surface area contributed by atoms with E-state index in [-0.39, 0.29) is 4.90 Å². The number of pyridine rings is 2. The first-order valence-corrected chi connectivity index (χ1v) is 8.27. The second kappa shape index (κ2) is 5.90. The first kappa shape index (κ1) is 15.3. The van der Waals surface area contributed by atoms with Crippen molar-refractivity contribution >= 4 is 10.0 Å². The molecule has 0 saturated carbocycles. The molecule has 0 aliphatic carbocycles. The Bertz CT molecular complexity index is 920. The van der Waals surface area contributed by atoms with Crippen molar-refractivity contribution in [2.24, 2.45) is 0 Å². The van der Waals surface area contributed by atoms with E-state index in [0.717, 1.165) is 0 Å². The van der Waals surface area contributed by atoms with Gasteiger partial charge in [-0.1, -0.05) is 6.07 Å². The van der Waals surface area contributed by atoms with Crippen LogP contribution < -0.4 is 0 Å². The van der Waals surface area contributed by atoms with Gasteiger partial charge in [-0.25, -0.2) is 22.4 Å². The fourth-order valence-corrected chi connectivity index (χ4v) is 2.92. The van der Waals surface area contributed by atoms with Crippen molar-refractivity contribution < 1.29 is 8.42 Å².